The summed E-state index contributed by atoms with van der Waals surface area (Å²) >= 11 is 0. The molecule has 3 heteroatoms. The molecule has 0 radical (unpaired) electrons. The first-order valence-corrected chi connectivity index (χ1v) is 19.2. The van der Waals surface area contributed by atoms with E-state index < -0.39 is 0 Å². The van der Waals surface area contributed by atoms with Crippen molar-refractivity contribution in [2.45, 2.75) is 89.5 Å². The van der Waals surface area contributed by atoms with Crippen molar-refractivity contribution >= 4 is 39.5 Å². The Morgan fingerprint density at radius 1 is 0.569 bits per heavy atom. The molecule has 1 aliphatic carbocycles. The van der Waals surface area contributed by atoms with Crippen molar-refractivity contribution in [2.75, 3.05) is 0 Å². The highest BCUT2D eigenvalue weighted by atomic mass is 15.0. The van der Waals surface area contributed by atoms with E-state index in [-0.39, 0.29) is 0 Å². The van der Waals surface area contributed by atoms with Crippen molar-refractivity contribution in [2.24, 2.45) is 0 Å². The van der Waals surface area contributed by atoms with Gasteiger partial charge in [0.25, 0.3) is 0 Å². The van der Waals surface area contributed by atoms with E-state index in [0.29, 0.717) is 0 Å². The van der Waals surface area contributed by atoms with Crippen LogP contribution in [0.4, 0.5) is 0 Å². The molecule has 3 heterocycles. The molecular formula is C48H61N3. The Balaban J connectivity index is 0.000000832. The zero-order valence-electron chi connectivity index (χ0n) is 33.3. The maximum atomic E-state index is 4.52. The molecule has 51 heavy (non-hydrogen) atoms. The van der Waals surface area contributed by atoms with Crippen LogP contribution in [0.25, 0.3) is 50.9 Å². The zero-order chi connectivity index (χ0) is 37.8. The van der Waals surface area contributed by atoms with E-state index in [0.717, 1.165) is 23.3 Å². The smallest absolute Gasteiger partial charge is 0.0721 e. The Morgan fingerprint density at radius 2 is 1.20 bits per heavy atom. The van der Waals surface area contributed by atoms with E-state index in [9.17, 15) is 0 Å². The summed E-state index contributed by atoms with van der Waals surface area (Å²) in [7, 11) is 0. The first kappa shape index (κ1) is 42.0. The first-order valence-electron chi connectivity index (χ1n) is 19.2. The molecule has 268 valence electrons. The minimum absolute atomic E-state index is 0.896. The van der Waals surface area contributed by atoms with Gasteiger partial charge in [0, 0.05) is 39.5 Å². The van der Waals surface area contributed by atoms with Crippen LogP contribution < -0.4 is 0 Å². The minimum atomic E-state index is 0.896. The molecule has 0 N–H and O–H groups in total. The number of para-hydroxylation sites is 2. The Hall–Kier alpha value is -5.15. The number of pyridine rings is 1. The number of nitrogens with zero attached hydrogens (tertiary/aromatic N) is 3. The summed E-state index contributed by atoms with van der Waals surface area (Å²) in [6, 6.07) is 30.4. The highest BCUT2D eigenvalue weighted by molar-refractivity contribution is 6.06. The number of rotatable bonds is 6. The lowest BCUT2D eigenvalue weighted by Gasteiger charge is -2.14. The summed E-state index contributed by atoms with van der Waals surface area (Å²) < 4.78 is 4.80. The largest absolute Gasteiger partial charge is 0.309 e. The first-order chi connectivity index (χ1) is 25.3. The molecule has 0 atom stereocenters. The van der Waals surface area contributed by atoms with Crippen molar-refractivity contribution in [3.8, 4) is 11.4 Å². The van der Waals surface area contributed by atoms with Crippen LogP contribution in [0.2, 0.25) is 0 Å². The molecule has 7 rings (SSSR count). The lowest BCUT2D eigenvalue weighted by atomic mass is 10.00. The fraction of sp³-hybridized carbons (Fsp3) is 0.271. The maximum absolute atomic E-state index is 4.52. The molecule has 3 aromatic carbocycles. The van der Waals surface area contributed by atoms with E-state index in [4.69, 9.17) is 0 Å². The van der Waals surface area contributed by atoms with Gasteiger partial charge in [0.15, 0.2) is 0 Å². The van der Waals surface area contributed by atoms with Crippen molar-refractivity contribution in [1.29, 1.82) is 0 Å². The fourth-order valence-electron chi connectivity index (χ4n) is 6.21. The van der Waals surface area contributed by atoms with Crippen molar-refractivity contribution in [1.82, 2.24) is 14.1 Å². The quantitative estimate of drug-likeness (QED) is 0.161. The van der Waals surface area contributed by atoms with Gasteiger partial charge >= 0.3 is 0 Å². The van der Waals surface area contributed by atoms with Gasteiger partial charge in [0.1, 0.15) is 0 Å². The second kappa shape index (κ2) is 22.5. The number of aromatic nitrogens is 3. The molecule has 0 saturated carbocycles. The predicted octanol–water partition coefficient (Wildman–Crippen LogP) is 14.7. The van der Waals surface area contributed by atoms with Crippen LogP contribution in [-0.4, -0.2) is 14.1 Å². The molecule has 0 fully saturated rings. The molecule has 0 bridgehead atoms. The molecule has 1 aliphatic rings. The van der Waals surface area contributed by atoms with Crippen LogP contribution in [-0.2, 0) is 6.42 Å². The van der Waals surface area contributed by atoms with Crippen molar-refractivity contribution in [3.63, 3.8) is 0 Å². The summed E-state index contributed by atoms with van der Waals surface area (Å²) in [4.78, 5) is 4.52. The number of benzene rings is 3. The SMILES string of the molecule is C/C=C\C=C/c1ccc(-n2c(/C=C\C)c(C3=CCc4c3n(-c3ccccc3)c3cnccc43)c3ccccc32)cc1.CC.CC.CC.CC.CC. The Morgan fingerprint density at radius 3 is 1.84 bits per heavy atom. The highest BCUT2D eigenvalue weighted by Crippen LogP contribution is 2.45. The van der Waals surface area contributed by atoms with Gasteiger partial charge in [-0.1, -0.05) is 154 Å². The van der Waals surface area contributed by atoms with E-state index in [1.807, 2.05) is 94.6 Å². The van der Waals surface area contributed by atoms with Crippen LogP contribution in [0, 0.1) is 0 Å². The number of hydrogen-bond acceptors (Lipinski definition) is 1. The standard InChI is InChI=1S/C38H31N3.5C2H6/c1-3-5-7-13-27-18-20-29(21-19-27)40-34-17-11-10-16-32(34)37(35(40)12-4-2)33-23-22-31-30-24-25-39-26-36(30)41(38(31)33)28-14-8-6-9-15-28;5*1-2/h3-21,23-26H,22H2,1-2H3;5*1-2H3/b5-3-,12-4-,13-7-;;;;;. The van der Waals surface area contributed by atoms with Crippen LogP contribution in [0.5, 0.6) is 0 Å². The third kappa shape index (κ3) is 8.96. The summed E-state index contributed by atoms with van der Waals surface area (Å²) in [5.41, 5.74) is 12.2. The van der Waals surface area contributed by atoms with Crippen LogP contribution in [0.15, 0.2) is 128 Å². The zero-order valence-corrected chi connectivity index (χ0v) is 33.3. The summed E-state index contributed by atoms with van der Waals surface area (Å²) in [5.74, 6) is 0. The average Bonchev–Trinajstić information content (AvgIpc) is 3.89. The average molecular weight is 680 g/mol. The second-order valence-electron chi connectivity index (χ2n) is 10.3. The Kier molecular flexibility index (Phi) is 18.6. The molecule has 6 aromatic rings. The lowest BCUT2D eigenvalue weighted by molar-refractivity contribution is 1.08. The van der Waals surface area contributed by atoms with E-state index in [1.165, 1.54) is 49.9 Å². The molecule has 0 aliphatic heterocycles. The van der Waals surface area contributed by atoms with Gasteiger partial charge in [-0.25, -0.2) is 0 Å². The third-order valence-corrected chi connectivity index (χ3v) is 7.90. The van der Waals surface area contributed by atoms with Gasteiger partial charge in [0.05, 0.1) is 28.6 Å². The fourth-order valence-corrected chi connectivity index (χ4v) is 6.21. The number of fused-ring (bicyclic) bond motifs is 4. The monoisotopic (exact) mass is 679 g/mol. The Bertz CT molecular complexity index is 2010. The van der Waals surface area contributed by atoms with Gasteiger partial charge in [-0.05, 0) is 73.9 Å². The second-order valence-corrected chi connectivity index (χ2v) is 10.3. The third-order valence-electron chi connectivity index (χ3n) is 7.90. The minimum Gasteiger partial charge on any atom is -0.309 e. The summed E-state index contributed by atoms with van der Waals surface area (Å²) in [6.45, 7) is 24.1. The summed E-state index contributed by atoms with van der Waals surface area (Å²) in [5, 5.41) is 2.52. The molecule has 0 saturated heterocycles. The lowest BCUT2D eigenvalue weighted by Crippen LogP contribution is -2.02. The number of allylic oxidation sites excluding steroid dienone is 5. The van der Waals surface area contributed by atoms with Gasteiger partial charge in [0.2, 0.25) is 0 Å². The topological polar surface area (TPSA) is 22.8 Å². The maximum Gasteiger partial charge on any atom is 0.0721 e. The normalized spacial score (nSPS) is 11.3. The number of hydrogen-bond donors (Lipinski definition) is 0. The molecule has 3 nitrogen and oxygen atoms in total. The van der Waals surface area contributed by atoms with Crippen LogP contribution in [0.3, 0.4) is 0 Å². The van der Waals surface area contributed by atoms with Gasteiger partial charge < -0.3 is 9.13 Å². The van der Waals surface area contributed by atoms with Crippen molar-refractivity contribution in [3.05, 3.63) is 156 Å². The molecule has 0 amide bonds. The molecule has 0 spiro atoms. The highest BCUT2D eigenvalue weighted by Gasteiger charge is 2.29. The van der Waals surface area contributed by atoms with Gasteiger partial charge in [-0.3, -0.25) is 4.98 Å². The van der Waals surface area contributed by atoms with Gasteiger partial charge in [-0.15, -0.1) is 0 Å². The van der Waals surface area contributed by atoms with E-state index >= 15 is 0 Å². The van der Waals surface area contributed by atoms with Crippen molar-refractivity contribution < 1.29 is 0 Å². The summed E-state index contributed by atoms with van der Waals surface area (Å²) in [6.07, 6.45) is 19.9. The molecule has 0 unspecified atom stereocenters. The van der Waals surface area contributed by atoms with E-state index in [2.05, 4.69) is 142 Å². The predicted molar refractivity (Wildman–Crippen MR) is 230 cm³/mol. The van der Waals surface area contributed by atoms with Crippen LogP contribution in [0.1, 0.15) is 111 Å². The van der Waals surface area contributed by atoms with Gasteiger partial charge in [-0.2, -0.15) is 0 Å². The molecular weight excluding hydrogens is 619 g/mol. The molecule has 3 aromatic heterocycles. The van der Waals surface area contributed by atoms with E-state index in [1.54, 1.807) is 0 Å². The Labute approximate surface area is 309 Å². The van der Waals surface area contributed by atoms with Crippen LogP contribution >= 0.6 is 0 Å².